The average Bonchev–Trinajstić information content (AvgIpc) is 2.01. The van der Waals surface area contributed by atoms with Crippen molar-refractivity contribution in [3.05, 3.63) is 12.3 Å². The summed E-state index contributed by atoms with van der Waals surface area (Å²) in [5.74, 6) is 0. The quantitative estimate of drug-likeness (QED) is 0.566. The Kier molecular flexibility index (Phi) is 3.46. The molecule has 1 fully saturated rings. The summed E-state index contributed by atoms with van der Waals surface area (Å²) in [4.78, 5) is 2.21. The Morgan fingerprint density at radius 2 is 1.83 bits per heavy atom. The highest BCUT2D eigenvalue weighted by atomic mass is 28.4. The summed E-state index contributed by atoms with van der Waals surface area (Å²) in [7, 11) is 0.0888. The molecule has 0 radical (unpaired) electrons. The molecule has 4 heteroatoms. The first kappa shape index (κ1) is 9.92. The zero-order valence-corrected chi connectivity index (χ0v) is 8.88. The van der Waals surface area contributed by atoms with Crippen molar-refractivity contribution >= 4 is 8.56 Å². The van der Waals surface area contributed by atoms with Gasteiger partial charge in [0, 0.05) is 26.3 Å². The Labute approximate surface area is 75.2 Å². The molecule has 1 aliphatic heterocycles. The summed E-state index contributed by atoms with van der Waals surface area (Å²) in [6.07, 6.45) is 0. The van der Waals surface area contributed by atoms with Gasteiger partial charge in [-0.2, -0.15) is 0 Å². The summed E-state index contributed by atoms with van der Waals surface area (Å²) < 4.78 is 11.3. The van der Waals surface area contributed by atoms with E-state index in [0.717, 1.165) is 26.3 Å². The van der Waals surface area contributed by atoms with E-state index in [1.54, 1.807) is 0 Å². The molecule has 1 heterocycles. The van der Waals surface area contributed by atoms with E-state index in [0.29, 0.717) is 0 Å². The molecule has 0 aliphatic carbocycles. The lowest BCUT2D eigenvalue weighted by Crippen LogP contribution is -2.44. The molecular weight excluding hydrogens is 170 g/mol. The standard InChI is InChI=1S/C8H17NO2Si/c1-4-12(3)10-7-5-9(2)6-8-11-12/h4H,1,5-8H2,2-3H3. The average molecular weight is 187 g/mol. The van der Waals surface area contributed by atoms with Crippen molar-refractivity contribution in [2.45, 2.75) is 6.55 Å². The van der Waals surface area contributed by atoms with Crippen LogP contribution >= 0.6 is 0 Å². The van der Waals surface area contributed by atoms with Gasteiger partial charge in [0.2, 0.25) is 0 Å². The summed E-state index contributed by atoms with van der Waals surface area (Å²) in [6.45, 7) is 9.26. The zero-order valence-electron chi connectivity index (χ0n) is 7.88. The number of likely N-dealkylation sites (N-methyl/N-ethyl adjacent to an activating group) is 1. The minimum absolute atomic E-state index is 0.755. The highest BCUT2D eigenvalue weighted by molar-refractivity contribution is 6.71. The lowest BCUT2D eigenvalue weighted by Gasteiger charge is -2.29. The predicted octanol–water partition coefficient (Wildman–Crippen LogP) is 0.762. The molecule has 1 aliphatic rings. The third-order valence-electron chi connectivity index (χ3n) is 2.09. The van der Waals surface area contributed by atoms with Crippen LogP contribution in [0.25, 0.3) is 0 Å². The summed E-state index contributed by atoms with van der Waals surface area (Å²) in [6, 6.07) is 0. The molecule has 12 heavy (non-hydrogen) atoms. The fourth-order valence-corrected chi connectivity index (χ4v) is 2.39. The molecule has 0 saturated carbocycles. The third-order valence-corrected chi connectivity index (χ3v) is 4.39. The van der Waals surface area contributed by atoms with Crippen LogP contribution in [0.4, 0.5) is 0 Å². The second-order valence-corrected chi connectivity index (χ2v) is 6.24. The fourth-order valence-electron chi connectivity index (χ4n) is 1.08. The van der Waals surface area contributed by atoms with Crippen LogP contribution in [0.15, 0.2) is 12.3 Å². The first-order chi connectivity index (χ1) is 5.66. The lowest BCUT2D eigenvalue weighted by molar-refractivity contribution is 0.116. The molecular formula is C8H17NO2Si. The molecule has 0 unspecified atom stereocenters. The molecule has 1 rings (SSSR count). The van der Waals surface area contributed by atoms with Gasteiger partial charge >= 0.3 is 8.56 Å². The summed E-state index contributed by atoms with van der Waals surface area (Å²) in [5, 5.41) is 0. The Morgan fingerprint density at radius 1 is 1.33 bits per heavy atom. The molecule has 0 spiro atoms. The Morgan fingerprint density at radius 3 is 2.25 bits per heavy atom. The summed E-state index contributed by atoms with van der Waals surface area (Å²) >= 11 is 0. The van der Waals surface area contributed by atoms with Crippen LogP contribution in [0, 0.1) is 0 Å². The molecule has 0 aromatic heterocycles. The number of hydrogen-bond acceptors (Lipinski definition) is 3. The molecule has 0 aromatic rings. The van der Waals surface area contributed by atoms with Gasteiger partial charge in [0.1, 0.15) is 0 Å². The molecule has 0 atom stereocenters. The second kappa shape index (κ2) is 4.18. The van der Waals surface area contributed by atoms with Crippen molar-refractivity contribution in [1.82, 2.24) is 4.90 Å². The van der Waals surface area contributed by atoms with E-state index in [4.69, 9.17) is 8.85 Å². The van der Waals surface area contributed by atoms with E-state index >= 15 is 0 Å². The molecule has 1 saturated heterocycles. The van der Waals surface area contributed by atoms with Gasteiger partial charge in [0.15, 0.2) is 0 Å². The maximum atomic E-state index is 5.65. The number of nitrogens with zero attached hydrogens (tertiary/aromatic N) is 1. The van der Waals surface area contributed by atoms with Crippen LogP contribution in [0.2, 0.25) is 6.55 Å². The van der Waals surface area contributed by atoms with E-state index in [2.05, 4.69) is 18.5 Å². The van der Waals surface area contributed by atoms with Crippen molar-refractivity contribution < 1.29 is 8.85 Å². The second-order valence-electron chi connectivity index (χ2n) is 3.22. The van der Waals surface area contributed by atoms with Gasteiger partial charge in [-0.1, -0.05) is 0 Å². The van der Waals surface area contributed by atoms with Gasteiger partial charge in [-0.05, 0) is 19.3 Å². The van der Waals surface area contributed by atoms with Crippen LogP contribution in [0.3, 0.4) is 0 Å². The lowest BCUT2D eigenvalue weighted by atomic mass is 10.5. The Balaban J connectivity index is 2.45. The first-order valence-electron chi connectivity index (χ1n) is 4.26. The number of hydrogen-bond donors (Lipinski definition) is 0. The highest BCUT2D eigenvalue weighted by Gasteiger charge is 2.28. The van der Waals surface area contributed by atoms with Gasteiger partial charge in [0.25, 0.3) is 0 Å². The largest absolute Gasteiger partial charge is 0.390 e. The SMILES string of the molecule is C=C[Si]1(C)OCCN(C)CCO1. The predicted molar refractivity (Wildman–Crippen MR) is 51.2 cm³/mol. The van der Waals surface area contributed by atoms with Crippen LogP contribution in [0.5, 0.6) is 0 Å². The first-order valence-corrected chi connectivity index (χ1v) is 6.66. The molecule has 0 N–H and O–H groups in total. The maximum absolute atomic E-state index is 5.65. The van der Waals surface area contributed by atoms with Crippen LogP contribution < -0.4 is 0 Å². The maximum Gasteiger partial charge on any atom is 0.361 e. The van der Waals surface area contributed by atoms with E-state index in [9.17, 15) is 0 Å². The van der Waals surface area contributed by atoms with Crippen molar-refractivity contribution in [3.63, 3.8) is 0 Å². The Bertz CT molecular complexity index is 153. The van der Waals surface area contributed by atoms with E-state index < -0.39 is 8.56 Å². The van der Waals surface area contributed by atoms with Gasteiger partial charge in [-0.3, -0.25) is 0 Å². The normalized spacial score (nSPS) is 25.8. The zero-order chi connectivity index (χ0) is 9.03. The van der Waals surface area contributed by atoms with E-state index in [1.807, 2.05) is 12.2 Å². The topological polar surface area (TPSA) is 21.7 Å². The van der Waals surface area contributed by atoms with Crippen LogP contribution in [-0.4, -0.2) is 46.8 Å². The van der Waals surface area contributed by atoms with Crippen molar-refractivity contribution in [2.75, 3.05) is 33.4 Å². The van der Waals surface area contributed by atoms with Gasteiger partial charge in [0.05, 0.1) is 0 Å². The van der Waals surface area contributed by atoms with Crippen molar-refractivity contribution in [1.29, 1.82) is 0 Å². The van der Waals surface area contributed by atoms with Gasteiger partial charge in [-0.25, -0.2) is 0 Å². The van der Waals surface area contributed by atoms with Gasteiger partial charge in [-0.15, -0.1) is 6.58 Å². The van der Waals surface area contributed by atoms with E-state index in [-0.39, 0.29) is 0 Å². The minimum Gasteiger partial charge on any atom is -0.390 e. The highest BCUT2D eigenvalue weighted by Crippen LogP contribution is 2.10. The number of rotatable bonds is 1. The third kappa shape index (κ3) is 2.71. The molecule has 0 amide bonds. The minimum atomic E-state index is -1.99. The van der Waals surface area contributed by atoms with Crippen LogP contribution in [0.1, 0.15) is 0 Å². The molecule has 70 valence electrons. The monoisotopic (exact) mass is 187 g/mol. The molecule has 0 bridgehead atoms. The summed E-state index contributed by atoms with van der Waals surface area (Å²) in [5.41, 5.74) is 1.85. The molecule has 0 aromatic carbocycles. The fraction of sp³-hybridized carbons (Fsp3) is 0.750. The van der Waals surface area contributed by atoms with Crippen LogP contribution in [-0.2, 0) is 8.85 Å². The Hall–Kier alpha value is -0.163. The van der Waals surface area contributed by atoms with E-state index in [1.165, 1.54) is 0 Å². The smallest absolute Gasteiger partial charge is 0.361 e. The van der Waals surface area contributed by atoms with Crippen molar-refractivity contribution in [3.8, 4) is 0 Å². The van der Waals surface area contributed by atoms with Gasteiger partial charge < -0.3 is 13.8 Å². The van der Waals surface area contributed by atoms with Crippen molar-refractivity contribution in [2.24, 2.45) is 0 Å². The molecule has 3 nitrogen and oxygen atoms in total.